The molecule has 8 rings (SSSR count). The highest BCUT2D eigenvalue weighted by atomic mass is 35.5. The van der Waals surface area contributed by atoms with Gasteiger partial charge in [-0.1, -0.05) is 104 Å². The van der Waals surface area contributed by atoms with E-state index in [4.69, 9.17) is 23.2 Å². The van der Waals surface area contributed by atoms with E-state index in [0.717, 1.165) is 17.1 Å². The molecule has 0 unspecified atom stereocenters. The van der Waals surface area contributed by atoms with Crippen molar-refractivity contribution >= 4 is 61.8 Å². The highest BCUT2D eigenvalue weighted by Gasteiger charge is 2.36. The Morgan fingerprint density at radius 3 is 1.64 bits per heavy atom. The van der Waals surface area contributed by atoms with Gasteiger partial charge in [0.2, 0.25) is 0 Å². The van der Waals surface area contributed by atoms with E-state index in [1.165, 1.54) is 54.9 Å². The van der Waals surface area contributed by atoms with Crippen LogP contribution in [0.15, 0.2) is 140 Å². The molecule has 0 saturated carbocycles. The van der Waals surface area contributed by atoms with Gasteiger partial charge in [-0.05, 0) is 128 Å². The number of halogens is 2. The number of nitrogens with zero attached hydrogens (tertiary/aromatic N) is 1. The average molecular weight is 607 g/mol. The first-order valence-electron chi connectivity index (χ1n) is 14.9. The molecule has 0 aliphatic heterocycles. The van der Waals surface area contributed by atoms with E-state index in [-0.39, 0.29) is 5.41 Å². The van der Waals surface area contributed by atoms with E-state index in [0.29, 0.717) is 10.0 Å². The molecule has 3 heteroatoms. The highest BCUT2D eigenvalue weighted by molar-refractivity contribution is 6.31. The molecule has 0 heterocycles. The molecule has 7 aromatic rings. The third-order valence-corrected chi connectivity index (χ3v) is 9.67. The van der Waals surface area contributed by atoms with E-state index < -0.39 is 0 Å². The van der Waals surface area contributed by atoms with Gasteiger partial charge in [0.25, 0.3) is 0 Å². The highest BCUT2D eigenvalue weighted by Crippen LogP contribution is 2.52. The van der Waals surface area contributed by atoms with Crippen LogP contribution in [0.25, 0.3) is 43.8 Å². The third kappa shape index (κ3) is 4.31. The van der Waals surface area contributed by atoms with Crippen molar-refractivity contribution in [3.63, 3.8) is 0 Å². The van der Waals surface area contributed by atoms with E-state index in [2.05, 4.69) is 134 Å². The molecule has 1 nitrogen and oxygen atoms in total. The molecular formula is C41H29Cl2N. The van der Waals surface area contributed by atoms with Gasteiger partial charge in [-0.25, -0.2) is 0 Å². The Morgan fingerprint density at radius 1 is 0.455 bits per heavy atom. The van der Waals surface area contributed by atoms with Gasteiger partial charge in [0.05, 0.1) is 0 Å². The number of hydrogen-bond acceptors (Lipinski definition) is 1. The molecule has 0 fully saturated rings. The third-order valence-electron chi connectivity index (χ3n) is 9.17. The number of rotatable bonds is 4. The van der Waals surface area contributed by atoms with Crippen molar-refractivity contribution < 1.29 is 0 Å². The summed E-state index contributed by atoms with van der Waals surface area (Å²) in [6, 6.07) is 49.7. The maximum atomic E-state index is 6.28. The fraction of sp³-hybridized carbons (Fsp3) is 0.0732. The van der Waals surface area contributed by atoms with Gasteiger partial charge in [0.15, 0.2) is 0 Å². The summed E-state index contributed by atoms with van der Waals surface area (Å²) in [6.45, 7) is 4.69. The molecule has 0 spiro atoms. The molecule has 0 saturated heterocycles. The number of anilines is 3. The predicted molar refractivity (Wildman–Crippen MR) is 189 cm³/mol. The number of hydrogen-bond donors (Lipinski definition) is 0. The molecule has 0 aromatic heterocycles. The van der Waals surface area contributed by atoms with Gasteiger partial charge in [0, 0.05) is 32.5 Å². The number of benzene rings is 7. The van der Waals surface area contributed by atoms with Gasteiger partial charge in [-0.15, -0.1) is 0 Å². The molecule has 7 aromatic carbocycles. The summed E-state index contributed by atoms with van der Waals surface area (Å²) in [4.78, 5) is 2.26. The summed E-state index contributed by atoms with van der Waals surface area (Å²) in [6.07, 6.45) is 0. The van der Waals surface area contributed by atoms with Crippen molar-refractivity contribution in [1.29, 1.82) is 0 Å². The summed E-state index contributed by atoms with van der Waals surface area (Å²) in [5.41, 5.74) is 10.8. The Balaban J connectivity index is 1.26. The van der Waals surface area contributed by atoms with Crippen LogP contribution < -0.4 is 4.90 Å². The lowest BCUT2D eigenvalue weighted by Crippen LogP contribution is -2.16. The monoisotopic (exact) mass is 605 g/mol. The fourth-order valence-corrected chi connectivity index (χ4v) is 7.20. The molecule has 0 amide bonds. The van der Waals surface area contributed by atoms with Crippen molar-refractivity contribution in [3.05, 3.63) is 161 Å². The smallest absolute Gasteiger partial charge is 0.0465 e. The zero-order valence-corrected chi connectivity index (χ0v) is 26.0. The van der Waals surface area contributed by atoms with Crippen LogP contribution in [0, 0.1) is 0 Å². The van der Waals surface area contributed by atoms with Crippen molar-refractivity contribution in [2.24, 2.45) is 0 Å². The molecule has 212 valence electrons. The maximum Gasteiger partial charge on any atom is 0.0465 e. The summed E-state index contributed by atoms with van der Waals surface area (Å²) < 4.78 is 0. The van der Waals surface area contributed by atoms with Crippen LogP contribution >= 0.6 is 23.2 Å². The molecular weight excluding hydrogens is 577 g/mol. The second-order valence-electron chi connectivity index (χ2n) is 12.1. The Morgan fingerprint density at radius 2 is 0.977 bits per heavy atom. The van der Waals surface area contributed by atoms with Crippen LogP contribution in [0.1, 0.15) is 25.0 Å². The quantitative estimate of drug-likeness (QED) is 0.180. The van der Waals surface area contributed by atoms with Crippen LogP contribution in [-0.2, 0) is 5.41 Å². The summed E-state index contributed by atoms with van der Waals surface area (Å²) in [7, 11) is 0. The summed E-state index contributed by atoms with van der Waals surface area (Å²) >= 11 is 12.6. The van der Waals surface area contributed by atoms with Gasteiger partial charge >= 0.3 is 0 Å². The summed E-state index contributed by atoms with van der Waals surface area (Å²) in [5, 5.41) is 6.55. The van der Waals surface area contributed by atoms with Gasteiger partial charge < -0.3 is 4.90 Å². The first-order valence-corrected chi connectivity index (χ1v) is 15.7. The van der Waals surface area contributed by atoms with Crippen LogP contribution in [0.3, 0.4) is 0 Å². The Bertz CT molecular complexity index is 2170. The predicted octanol–water partition coefficient (Wildman–Crippen LogP) is 12.7. The van der Waals surface area contributed by atoms with Gasteiger partial charge in [0.1, 0.15) is 0 Å². The molecule has 44 heavy (non-hydrogen) atoms. The van der Waals surface area contributed by atoms with E-state index in [9.17, 15) is 0 Å². The zero-order valence-electron chi connectivity index (χ0n) is 24.5. The first-order chi connectivity index (χ1) is 21.4. The minimum absolute atomic E-state index is 0.186. The van der Waals surface area contributed by atoms with Crippen LogP contribution in [0.5, 0.6) is 0 Å². The lowest BCUT2D eigenvalue weighted by Gasteiger charge is -2.28. The first kappa shape index (κ1) is 27.0. The molecule has 1 aliphatic rings. The molecule has 0 N–H and O–H groups in total. The second-order valence-corrected chi connectivity index (χ2v) is 13.0. The molecule has 1 aliphatic carbocycles. The SMILES string of the molecule is CC1(C)c2cc(-c3cc4ccccc4c4ccccc34)ccc2-c2ccc(N(c3ccc(Cl)cc3)c3ccc(Cl)cc3)cc21. The Kier molecular flexibility index (Phi) is 6.31. The molecule has 0 atom stereocenters. The topological polar surface area (TPSA) is 3.24 Å². The minimum Gasteiger partial charge on any atom is -0.310 e. The fourth-order valence-electron chi connectivity index (χ4n) is 6.95. The Labute approximate surface area is 267 Å². The van der Waals surface area contributed by atoms with Gasteiger partial charge in [-0.2, -0.15) is 0 Å². The largest absolute Gasteiger partial charge is 0.310 e. The van der Waals surface area contributed by atoms with Crippen molar-refractivity contribution in [2.45, 2.75) is 19.3 Å². The van der Waals surface area contributed by atoms with Gasteiger partial charge in [-0.3, -0.25) is 0 Å². The van der Waals surface area contributed by atoms with E-state index >= 15 is 0 Å². The van der Waals surface area contributed by atoms with Crippen LogP contribution in [0.2, 0.25) is 10.0 Å². The zero-order chi connectivity index (χ0) is 30.0. The Hall–Kier alpha value is -4.56. The van der Waals surface area contributed by atoms with E-state index in [1.807, 2.05) is 24.3 Å². The lowest BCUT2D eigenvalue weighted by molar-refractivity contribution is 0.660. The lowest BCUT2D eigenvalue weighted by atomic mass is 9.81. The maximum absolute atomic E-state index is 6.28. The molecule has 0 bridgehead atoms. The van der Waals surface area contributed by atoms with Crippen molar-refractivity contribution in [1.82, 2.24) is 0 Å². The molecule has 0 radical (unpaired) electrons. The number of fused-ring (bicyclic) bond motifs is 6. The van der Waals surface area contributed by atoms with E-state index in [1.54, 1.807) is 0 Å². The van der Waals surface area contributed by atoms with Crippen LogP contribution in [0.4, 0.5) is 17.1 Å². The normalized spacial score (nSPS) is 13.2. The minimum atomic E-state index is -0.186. The second kappa shape index (κ2) is 10.3. The van der Waals surface area contributed by atoms with Crippen molar-refractivity contribution in [3.8, 4) is 22.3 Å². The van der Waals surface area contributed by atoms with Crippen LogP contribution in [-0.4, -0.2) is 0 Å². The van der Waals surface area contributed by atoms with Crippen molar-refractivity contribution in [2.75, 3.05) is 4.90 Å². The standard InChI is InChI=1S/C41H29Cl2N/c1-41(2)39-24-27(38-23-26-7-3-4-8-33(26)34-9-5-6-10-35(34)38)11-21-36(39)37-22-20-32(25-40(37)41)44(30-16-12-28(42)13-17-30)31-18-14-29(43)15-19-31/h3-25H,1-2H3. The summed E-state index contributed by atoms with van der Waals surface area (Å²) in [5.74, 6) is 0. The average Bonchev–Trinajstić information content (AvgIpc) is 3.28.